The normalized spacial score (nSPS) is 19.3. The van der Waals surface area contributed by atoms with Crippen LogP contribution in [0.1, 0.15) is 35.6 Å². The van der Waals surface area contributed by atoms with Crippen molar-refractivity contribution >= 4 is 21.9 Å². The Morgan fingerprint density at radius 1 is 0.767 bits per heavy atom. The number of ether oxygens (including phenoxy) is 1. The van der Waals surface area contributed by atoms with Crippen LogP contribution in [0.4, 0.5) is 0 Å². The summed E-state index contributed by atoms with van der Waals surface area (Å²) < 4.78 is 5.62. The molecule has 2 aliphatic carbocycles. The molecule has 0 aliphatic heterocycles. The number of aryl methyl sites for hydroxylation is 1. The number of fused-ring (bicyclic) bond motifs is 6. The van der Waals surface area contributed by atoms with E-state index in [2.05, 4.69) is 85.8 Å². The van der Waals surface area contributed by atoms with Gasteiger partial charge in [0.2, 0.25) is 0 Å². The van der Waals surface area contributed by atoms with Crippen molar-refractivity contribution in [3.63, 3.8) is 0 Å². The van der Waals surface area contributed by atoms with Gasteiger partial charge in [0, 0.05) is 0 Å². The van der Waals surface area contributed by atoms with E-state index >= 15 is 0 Å². The van der Waals surface area contributed by atoms with Gasteiger partial charge >= 0.3 is 0 Å². The molecular formula is C29H24O. The highest BCUT2D eigenvalue weighted by atomic mass is 16.5. The molecule has 0 saturated heterocycles. The first-order valence-electron chi connectivity index (χ1n) is 10.8. The van der Waals surface area contributed by atoms with Crippen molar-refractivity contribution in [2.45, 2.75) is 19.8 Å². The molecule has 1 heteroatoms. The molecule has 1 atom stereocenters. The monoisotopic (exact) mass is 388 g/mol. The molecule has 0 spiro atoms. The van der Waals surface area contributed by atoms with Crippen molar-refractivity contribution in [1.29, 1.82) is 0 Å². The number of rotatable bonds is 1. The fraction of sp³-hybridized carbons (Fsp3) is 0.172. The summed E-state index contributed by atoms with van der Waals surface area (Å²) >= 11 is 0. The quantitative estimate of drug-likeness (QED) is 0.291. The van der Waals surface area contributed by atoms with Crippen LogP contribution in [0.3, 0.4) is 0 Å². The molecule has 0 heterocycles. The Kier molecular flexibility index (Phi) is 3.86. The van der Waals surface area contributed by atoms with Crippen LogP contribution in [-0.4, -0.2) is 7.11 Å². The van der Waals surface area contributed by atoms with Crippen LogP contribution >= 0.6 is 0 Å². The highest BCUT2D eigenvalue weighted by molar-refractivity contribution is 6.14. The van der Waals surface area contributed by atoms with E-state index in [0.717, 1.165) is 12.2 Å². The molecule has 0 radical (unpaired) electrons. The minimum absolute atomic E-state index is 0.503. The number of benzene rings is 4. The first kappa shape index (κ1) is 17.5. The van der Waals surface area contributed by atoms with Crippen molar-refractivity contribution in [1.82, 2.24) is 0 Å². The van der Waals surface area contributed by atoms with E-state index in [0.29, 0.717) is 5.92 Å². The molecule has 4 aromatic carbocycles. The SMILES string of the molecule is COc1ccc2c(c1)/C(=C1/c3c(ccc4ccccc34)CCC1C)c1ccccc1-2. The molecule has 0 amide bonds. The molecule has 30 heavy (non-hydrogen) atoms. The van der Waals surface area contributed by atoms with Gasteiger partial charge in [-0.25, -0.2) is 0 Å². The van der Waals surface area contributed by atoms with Crippen LogP contribution < -0.4 is 4.74 Å². The summed E-state index contributed by atoms with van der Waals surface area (Å²) in [5.41, 5.74) is 11.1. The predicted molar refractivity (Wildman–Crippen MR) is 126 cm³/mol. The Morgan fingerprint density at radius 3 is 2.40 bits per heavy atom. The molecule has 0 aromatic heterocycles. The van der Waals surface area contributed by atoms with Gasteiger partial charge in [-0.3, -0.25) is 0 Å². The fourth-order valence-electron chi connectivity index (χ4n) is 5.44. The highest BCUT2D eigenvalue weighted by Crippen LogP contribution is 2.52. The van der Waals surface area contributed by atoms with Gasteiger partial charge in [0.05, 0.1) is 7.11 Å². The lowest BCUT2D eigenvalue weighted by Gasteiger charge is -2.29. The minimum Gasteiger partial charge on any atom is -0.497 e. The van der Waals surface area contributed by atoms with Gasteiger partial charge in [-0.1, -0.05) is 73.7 Å². The predicted octanol–water partition coefficient (Wildman–Crippen LogP) is 7.37. The van der Waals surface area contributed by atoms with Crippen LogP contribution in [0.5, 0.6) is 5.75 Å². The highest BCUT2D eigenvalue weighted by Gasteiger charge is 2.32. The lowest BCUT2D eigenvalue weighted by molar-refractivity contribution is 0.415. The van der Waals surface area contributed by atoms with Crippen molar-refractivity contribution < 1.29 is 4.74 Å². The maximum atomic E-state index is 5.62. The van der Waals surface area contributed by atoms with E-state index in [1.54, 1.807) is 7.11 Å². The minimum atomic E-state index is 0.503. The Bertz CT molecular complexity index is 1340. The number of hydrogen-bond donors (Lipinski definition) is 0. The largest absolute Gasteiger partial charge is 0.497 e. The van der Waals surface area contributed by atoms with Gasteiger partial charge in [0.25, 0.3) is 0 Å². The van der Waals surface area contributed by atoms with E-state index in [-0.39, 0.29) is 0 Å². The van der Waals surface area contributed by atoms with E-state index < -0.39 is 0 Å². The van der Waals surface area contributed by atoms with Crippen LogP contribution in [0.25, 0.3) is 33.0 Å². The van der Waals surface area contributed by atoms with Crippen molar-refractivity contribution in [2.75, 3.05) is 7.11 Å². The van der Waals surface area contributed by atoms with Crippen LogP contribution in [0.15, 0.2) is 78.9 Å². The second kappa shape index (κ2) is 6.60. The smallest absolute Gasteiger partial charge is 0.119 e. The summed E-state index contributed by atoms with van der Waals surface area (Å²) in [7, 11) is 1.75. The van der Waals surface area contributed by atoms with E-state index in [1.165, 1.54) is 61.7 Å². The Balaban J connectivity index is 1.77. The molecule has 1 nitrogen and oxygen atoms in total. The Morgan fingerprint density at radius 2 is 1.53 bits per heavy atom. The fourth-order valence-corrected chi connectivity index (χ4v) is 5.44. The molecular weight excluding hydrogens is 364 g/mol. The van der Waals surface area contributed by atoms with Crippen molar-refractivity contribution in [2.24, 2.45) is 5.92 Å². The summed E-state index contributed by atoms with van der Waals surface area (Å²) in [5.74, 6) is 1.42. The molecule has 1 unspecified atom stereocenters. The Labute approximate surface area is 177 Å². The third-order valence-electron chi connectivity index (χ3n) is 6.88. The van der Waals surface area contributed by atoms with Gasteiger partial charge in [0.15, 0.2) is 0 Å². The van der Waals surface area contributed by atoms with E-state index in [4.69, 9.17) is 4.74 Å². The van der Waals surface area contributed by atoms with Crippen LogP contribution in [-0.2, 0) is 6.42 Å². The lowest BCUT2D eigenvalue weighted by atomic mass is 9.75. The maximum Gasteiger partial charge on any atom is 0.119 e. The number of methoxy groups -OCH3 is 1. The number of hydrogen-bond acceptors (Lipinski definition) is 1. The summed E-state index contributed by atoms with van der Waals surface area (Å²) in [6, 6.07) is 28.8. The molecule has 146 valence electrons. The maximum absolute atomic E-state index is 5.62. The van der Waals surface area contributed by atoms with Crippen LogP contribution in [0, 0.1) is 5.92 Å². The average Bonchev–Trinajstić information content (AvgIpc) is 3.12. The first-order valence-corrected chi connectivity index (χ1v) is 10.8. The third kappa shape index (κ3) is 2.42. The summed E-state index contributed by atoms with van der Waals surface area (Å²) in [6.07, 6.45) is 2.33. The molecule has 0 N–H and O–H groups in total. The average molecular weight is 389 g/mol. The molecule has 6 rings (SSSR count). The zero-order valence-electron chi connectivity index (χ0n) is 17.4. The topological polar surface area (TPSA) is 9.23 Å². The van der Waals surface area contributed by atoms with Gasteiger partial charge in [-0.2, -0.15) is 0 Å². The summed E-state index contributed by atoms with van der Waals surface area (Å²) in [4.78, 5) is 0. The van der Waals surface area contributed by atoms with Gasteiger partial charge in [0.1, 0.15) is 5.75 Å². The zero-order chi connectivity index (χ0) is 20.2. The van der Waals surface area contributed by atoms with Gasteiger partial charge in [-0.15, -0.1) is 0 Å². The second-order valence-corrected chi connectivity index (χ2v) is 8.51. The molecule has 4 aromatic rings. The first-order chi connectivity index (χ1) is 14.8. The van der Waals surface area contributed by atoms with E-state index in [1.807, 2.05) is 0 Å². The van der Waals surface area contributed by atoms with Crippen LogP contribution in [0.2, 0.25) is 0 Å². The zero-order valence-corrected chi connectivity index (χ0v) is 17.4. The molecule has 0 fully saturated rings. The molecule has 2 aliphatic rings. The van der Waals surface area contributed by atoms with Gasteiger partial charge < -0.3 is 4.74 Å². The standard InChI is InChI=1S/C29H24O/c1-18-11-12-20-14-13-19-7-3-4-8-22(19)28(20)27(18)29-25-10-6-5-9-23(25)24-16-15-21(30-2)17-26(24)29/h3-10,13-18H,11-12H2,1-2H3/b29-27+. The molecule has 0 saturated carbocycles. The second-order valence-electron chi connectivity index (χ2n) is 8.51. The van der Waals surface area contributed by atoms with E-state index in [9.17, 15) is 0 Å². The van der Waals surface area contributed by atoms with Crippen molar-refractivity contribution in [3.05, 3.63) is 101 Å². The number of allylic oxidation sites excluding steroid dienone is 1. The van der Waals surface area contributed by atoms with Gasteiger partial charge in [-0.05, 0) is 86.2 Å². The van der Waals surface area contributed by atoms with Crippen molar-refractivity contribution in [3.8, 4) is 16.9 Å². The lowest BCUT2D eigenvalue weighted by Crippen LogP contribution is -2.13. The molecule has 0 bridgehead atoms. The summed E-state index contributed by atoms with van der Waals surface area (Å²) in [5, 5.41) is 2.69. The summed E-state index contributed by atoms with van der Waals surface area (Å²) in [6.45, 7) is 2.40. The Hall–Kier alpha value is -3.32. The third-order valence-corrected chi connectivity index (χ3v) is 6.88.